The summed E-state index contributed by atoms with van der Waals surface area (Å²) in [6.45, 7) is 6.57. The van der Waals surface area contributed by atoms with E-state index in [0.717, 1.165) is 18.7 Å². The molecule has 1 amide bonds. The monoisotopic (exact) mass is 309 g/mol. The van der Waals surface area contributed by atoms with Gasteiger partial charge in [-0.05, 0) is 25.8 Å². The Bertz CT molecular complexity index is 731. The molecule has 0 saturated heterocycles. The van der Waals surface area contributed by atoms with Gasteiger partial charge in [0.05, 0.1) is 12.2 Å². The predicted octanol–water partition coefficient (Wildman–Crippen LogP) is 3.10. The SMILES string of the molecule is CC(=O)N[C@@H]1C=C[C@@H](c2c(C)nn(Cc3ccccc3)c2C)C1. The Kier molecular flexibility index (Phi) is 4.33. The minimum absolute atomic E-state index is 0.0218. The van der Waals surface area contributed by atoms with Crippen LogP contribution in [0.5, 0.6) is 0 Å². The molecular formula is C19H23N3O. The first-order valence-corrected chi connectivity index (χ1v) is 8.08. The topological polar surface area (TPSA) is 46.9 Å². The smallest absolute Gasteiger partial charge is 0.217 e. The highest BCUT2D eigenvalue weighted by molar-refractivity contribution is 5.73. The van der Waals surface area contributed by atoms with E-state index in [1.807, 2.05) is 6.07 Å². The van der Waals surface area contributed by atoms with Crippen molar-refractivity contribution < 1.29 is 4.79 Å². The zero-order valence-electron chi connectivity index (χ0n) is 13.9. The Morgan fingerprint density at radius 2 is 2.00 bits per heavy atom. The minimum Gasteiger partial charge on any atom is -0.350 e. The van der Waals surface area contributed by atoms with E-state index in [1.54, 1.807) is 6.92 Å². The number of allylic oxidation sites excluding steroid dienone is 1. The number of rotatable bonds is 4. The molecule has 1 aliphatic carbocycles. The summed E-state index contributed by atoms with van der Waals surface area (Å²) in [4.78, 5) is 11.2. The largest absolute Gasteiger partial charge is 0.350 e. The fraction of sp³-hybridized carbons (Fsp3) is 0.368. The molecule has 23 heavy (non-hydrogen) atoms. The molecular weight excluding hydrogens is 286 g/mol. The maximum Gasteiger partial charge on any atom is 0.217 e. The summed E-state index contributed by atoms with van der Waals surface area (Å²) >= 11 is 0. The van der Waals surface area contributed by atoms with Crippen molar-refractivity contribution in [3.05, 3.63) is 65.0 Å². The number of aromatic nitrogens is 2. The molecule has 0 fully saturated rings. The van der Waals surface area contributed by atoms with Crippen LogP contribution in [0.15, 0.2) is 42.5 Å². The summed E-state index contributed by atoms with van der Waals surface area (Å²) < 4.78 is 2.08. The number of aryl methyl sites for hydroxylation is 1. The van der Waals surface area contributed by atoms with Gasteiger partial charge in [0.2, 0.25) is 5.91 Å². The molecule has 4 heteroatoms. The van der Waals surface area contributed by atoms with Gasteiger partial charge in [-0.15, -0.1) is 0 Å². The van der Waals surface area contributed by atoms with Crippen molar-refractivity contribution in [2.75, 3.05) is 0 Å². The zero-order chi connectivity index (χ0) is 16.4. The molecule has 0 aliphatic heterocycles. The summed E-state index contributed by atoms with van der Waals surface area (Å²) in [6.07, 6.45) is 5.21. The molecule has 2 atom stereocenters. The quantitative estimate of drug-likeness (QED) is 0.882. The van der Waals surface area contributed by atoms with Crippen LogP contribution in [-0.4, -0.2) is 21.7 Å². The Morgan fingerprint density at radius 3 is 2.70 bits per heavy atom. The Hall–Kier alpha value is -2.36. The van der Waals surface area contributed by atoms with Crippen LogP contribution in [0.4, 0.5) is 0 Å². The van der Waals surface area contributed by atoms with Gasteiger partial charge in [0.15, 0.2) is 0 Å². The van der Waals surface area contributed by atoms with E-state index in [-0.39, 0.29) is 11.9 Å². The van der Waals surface area contributed by atoms with Gasteiger partial charge in [0, 0.05) is 30.1 Å². The average Bonchev–Trinajstić information content (AvgIpc) is 3.05. The summed E-state index contributed by atoms with van der Waals surface area (Å²) in [5, 5.41) is 7.71. The molecule has 1 aromatic heterocycles. The maximum atomic E-state index is 11.2. The number of nitrogens with zero attached hydrogens (tertiary/aromatic N) is 2. The second-order valence-electron chi connectivity index (χ2n) is 6.26. The highest BCUT2D eigenvalue weighted by atomic mass is 16.1. The van der Waals surface area contributed by atoms with E-state index in [1.165, 1.54) is 16.8 Å². The molecule has 120 valence electrons. The third-order valence-electron chi connectivity index (χ3n) is 4.46. The minimum atomic E-state index is 0.0218. The molecule has 0 radical (unpaired) electrons. The van der Waals surface area contributed by atoms with Gasteiger partial charge in [0.1, 0.15) is 0 Å². The van der Waals surface area contributed by atoms with E-state index in [4.69, 9.17) is 5.10 Å². The lowest BCUT2D eigenvalue weighted by Crippen LogP contribution is -2.30. The highest BCUT2D eigenvalue weighted by Gasteiger charge is 2.26. The van der Waals surface area contributed by atoms with Crippen molar-refractivity contribution >= 4 is 5.91 Å². The molecule has 0 bridgehead atoms. The fourth-order valence-corrected chi connectivity index (χ4v) is 3.44. The number of nitrogens with one attached hydrogen (secondary N) is 1. The molecule has 0 spiro atoms. The van der Waals surface area contributed by atoms with Crippen LogP contribution in [0, 0.1) is 13.8 Å². The van der Waals surface area contributed by atoms with Crippen molar-refractivity contribution in [3.8, 4) is 0 Å². The molecule has 1 aliphatic rings. The standard InChI is InChI=1S/C19H23N3O/c1-13-19(17-9-10-18(11-17)20-15(3)23)14(2)22(21-13)12-16-7-5-4-6-8-16/h4-10,17-18H,11-12H2,1-3H3,(H,20,23)/t17-,18-/m1/s1. The normalized spacial score (nSPS) is 20.0. The van der Waals surface area contributed by atoms with Crippen LogP contribution in [0.25, 0.3) is 0 Å². The van der Waals surface area contributed by atoms with E-state index in [9.17, 15) is 4.79 Å². The lowest BCUT2D eigenvalue weighted by atomic mass is 9.96. The second kappa shape index (κ2) is 6.41. The Morgan fingerprint density at radius 1 is 1.26 bits per heavy atom. The number of carbonyl (C=O) groups is 1. The summed E-state index contributed by atoms with van der Waals surface area (Å²) in [7, 11) is 0. The third kappa shape index (κ3) is 3.36. The predicted molar refractivity (Wildman–Crippen MR) is 91.3 cm³/mol. The van der Waals surface area contributed by atoms with Gasteiger partial charge < -0.3 is 5.32 Å². The van der Waals surface area contributed by atoms with Crippen molar-refractivity contribution in [2.45, 2.75) is 45.7 Å². The Balaban J connectivity index is 1.79. The number of carbonyl (C=O) groups excluding carboxylic acids is 1. The first kappa shape index (κ1) is 15.5. The van der Waals surface area contributed by atoms with Crippen LogP contribution in [0.3, 0.4) is 0 Å². The van der Waals surface area contributed by atoms with Crippen molar-refractivity contribution in [2.24, 2.45) is 0 Å². The number of hydrogen-bond donors (Lipinski definition) is 1. The summed E-state index contributed by atoms with van der Waals surface area (Å²) in [5.74, 6) is 0.352. The molecule has 4 nitrogen and oxygen atoms in total. The number of amides is 1. The fourth-order valence-electron chi connectivity index (χ4n) is 3.44. The van der Waals surface area contributed by atoms with Crippen molar-refractivity contribution in [3.63, 3.8) is 0 Å². The van der Waals surface area contributed by atoms with Gasteiger partial charge >= 0.3 is 0 Å². The molecule has 1 heterocycles. The molecule has 0 unspecified atom stereocenters. The number of benzene rings is 1. The molecule has 3 rings (SSSR count). The van der Waals surface area contributed by atoms with Crippen LogP contribution < -0.4 is 5.32 Å². The lowest BCUT2D eigenvalue weighted by molar-refractivity contribution is -0.119. The average molecular weight is 309 g/mol. The van der Waals surface area contributed by atoms with Crippen molar-refractivity contribution in [1.29, 1.82) is 0 Å². The third-order valence-corrected chi connectivity index (χ3v) is 4.46. The van der Waals surface area contributed by atoms with Crippen molar-refractivity contribution in [1.82, 2.24) is 15.1 Å². The van der Waals surface area contributed by atoms with Gasteiger partial charge in [-0.2, -0.15) is 5.10 Å². The van der Waals surface area contributed by atoms with Gasteiger partial charge in [-0.1, -0.05) is 42.5 Å². The second-order valence-corrected chi connectivity index (χ2v) is 6.26. The summed E-state index contributed by atoms with van der Waals surface area (Å²) in [6, 6.07) is 10.5. The van der Waals surface area contributed by atoms with Crippen LogP contribution >= 0.6 is 0 Å². The van der Waals surface area contributed by atoms with Crippen LogP contribution in [0.2, 0.25) is 0 Å². The molecule has 0 saturated carbocycles. The van der Waals surface area contributed by atoms with E-state index in [2.05, 4.69) is 60.3 Å². The van der Waals surface area contributed by atoms with Gasteiger partial charge in [-0.3, -0.25) is 9.48 Å². The lowest BCUT2D eigenvalue weighted by Gasteiger charge is -2.13. The van der Waals surface area contributed by atoms with E-state index < -0.39 is 0 Å². The van der Waals surface area contributed by atoms with Gasteiger partial charge in [0.25, 0.3) is 0 Å². The molecule has 2 aromatic rings. The number of hydrogen-bond acceptors (Lipinski definition) is 2. The highest BCUT2D eigenvalue weighted by Crippen LogP contribution is 2.33. The van der Waals surface area contributed by atoms with Crippen LogP contribution in [0.1, 0.15) is 41.8 Å². The van der Waals surface area contributed by atoms with Gasteiger partial charge in [-0.25, -0.2) is 0 Å². The first-order valence-electron chi connectivity index (χ1n) is 8.08. The van der Waals surface area contributed by atoms with E-state index in [0.29, 0.717) is 5.92 Å². The maximum absolute atomic E-state index is 11.2. The first-order chi connectivity index (χ1) is 11.0. The van der Waals surface area contributed by atoms with E-state index >= 15 is 0 Å². The van der Waals surface area contributed by atoms with Crippen LogP contribution in [-0.2, 0) is 11.3 Å². The molecule has 1 aromatic carbocycles. The zero-order valence-corrected chi connectivity index (χ0v) is 13.9. The Labute approximate surface area is 137 Å². The molecule has 1 N–H and O–H groups in total. The summed E-state index contributed by atoms with van der Waals surface area (Å²) in [5.41, 5.74) is 4.84.